The molecule has 0 bridgehead atoms. The lowest BCUT2D eigenvalue weighted by atomic mass is 9.98. The smallest absolute Gasteiger partial charge is 0.222 e. The summed E-state index contributed by atoms with van der Waals surface area (Å²) in [5.74, 6) is 0.687. The SMILES string of the molecule is CCC1CCCN(C(=O)CCCS(N)(=O)=O)CC1. The van der Waals surface area contributed by atoms with Crippen LogP contribution >= 0.6 is 0 Å². The molecule has 1 aliphatic rings. The van der Waals surface area contributed by atoms with E-state index in [1.165, 1.54) is 12.8 Å². The fourth-order valence-electron chi connectivity index (χ4n) is 2.41. The monoisotopic (exact) mass is 276 g/mol. The average Bonchev–Trinajstić information content (AvgIpc) is 2.52. The molecule has 1 atom stereocenters. The largest absolute Gasteiger partial charge is 0.343 e. The van der Waals surface area contributed by atoms with Gasteiger partial charge in [-0.2, -0.15) is 0 Å². The third-order valence-electron chi connectivity index (χ3n) is 3.60. The Kier molecular flexibility index (Phi) is 6.08. The van der Waals surface area contributed by atoms with Gasteiger partial charge < -0.3 is 4.90 Å². The van der Waals surface area contributed by atoms with E-state index in [0.717, 1.165) is 31.8 Å². The van der Waals surface area contributed by atoms with Gasteiger partial charge in [-0.1, -0.05) is 13.3 Å². The second-order valence-electron chi connectivity index (χ2n) is 5.06. The van der Waals surface area contributed by atoms with Crippen LogP contribution in [-0.4, -0.2) is 38.1 Å². The van der Waals surface area contributed by atoms with Crippen LogP contribution in [0.1, 0.15) is 45.4 Å². The highest BCUT2D eigenvalue weighted by molar-refractivity contribution is 7.89. The fourth-order valence-corrected chi connectivity index (χ4v) is 2.95. The number of nitrogens with zero attached hydrogens (tertiary/aromatic N) is 1. The summed E-state index contributed by atoms with van der Waals surface area (Å²) in [5, 5.41) is 4.91. The summed E-state index contributed by atoms with van der Waals surface area (Å²) >= 11 is 0. The van der Waals surface area contributed by atoms with Crippen molar-refractivity contribution in [2.75, 3.05) is 18.8 Å². The van der Waals surface area contributed by atoms with Crippen molar-refractivity contribution in [2.24, 2.45) is 11.1 Å². The molecule has 1 fully saturated rings. The molecule has 18 heavy (non-hydrogen) atoms. The van der Waals surface area contributed by atoms with Gasteiger partial charge in [-0.25, -0.2) is 13.6 Å². The molecule has 0 aromatic carbocycles. The number of carbonyl (C=O) groups is 1. The molecule has 0 radical (unpaired) electrons. The zero-order valence-electron chi connectivity index (χ0n) is 11.1. The molecule has 0 aromatic rings. The van der Waals surface area contributed by atoms with Gasteiger partial charge in [0.25, 0.3) is 0 Å². The highest BCUT2D eigenvalue weighted by Crippen LogP contribution is 2.20. The number of hydrogen-bond donors (Lipinski definition) is 1. The summed E-state index contributed by atoms with van der Waals surface area (Å²) in [6.07, 6.45) is 5.10. The van der Waals surface area contributed by atoms with E-state index in [0.29, 0.717) is 6.42 Å². The van der Waals surface area contributed by atoms with Gasteiger partial charge in [-0.15, -0.1) is 0 Å². The quantitative estimate of drug-likeness (QED) is 0.816. The van der Waals surface area contributed by atoms with Gasteiger partial charge in [0, 0.05) is 19.5 Å². The van der Waals surface area contributed by atoms with E-state index in [-0.39, 0.29) is 18.1 Å². The van der Waals surface area contributed by atoms with Crippen LogP contribution in [0.5, 0.6) is 0 Å². The van der Waals surface area contributed by atoms with E-state index in [4.69, 9.17) is 5.14 Å². The Balaban J connectivity index is 2.33. The highest BCUT2D eigenvalue weighted by Gasteiger charge is 2.19. The molecule has 0 spiro atoms. The van der Waals surface area contributed by atoms with E-state index < -0.39 is 10.0 Å². The Bertz CT molecular complexity index is 368. The highest BCUT2D eigenvalue weighted by atomic mass is 32.2. The maximum absolute atomic E-state index is 11.9. The summed E-state index contributed by atoms with van der Waals surface area (Å²) in [7, 11) is -3.44. The van der Waals surface area contributed by atoms with Crippen LogP contribution in [0.25, 0.3) is 0 Å². The maximum Gasteiger partial charge on any atom is 0.222 e. The minimum absolute atomic E-state index is 0.0652. The molecular weight excluding hydrogens is 252 g/mol. The molecule has 1 amide bonds. The first-order valence-electron chi connectivity index (χ1n) is 6.70. The summed E-state index contributed by atoms with van der Waals surface area (Å²) in [6, 6.07) is 0. The zero-order chi connectivity index (χ0) is 13.6. The second-order valence-corrected chi connectivity index (χ2v) is 6.79. The number of primary sulfonamides is 1. The molecule has 0 aliphatic carbocycles. The number of likely N-dealkylation sites (tertiary alicyclic amines) is 1. The van der Waals surface area contributed by atoms with E-state index in [1.807, 2.05) is 4.90 Å². The first kappa shape index (κ1) is 15.4. The van der Waals surface area contributed by atoms with Crippen LogP contribution in [0.4, 0.5) is 0 Å². The number of rotatable bonds is 5. The number of nitrogens with two attached hydrogens (primary N) is 1. The zero-order valence-corrected chi connectivity index (χ0v) is 11.9. The van der Waals surface area contributed by atoms with Gasteiger partial charge in [-0.05, 0) is 31.6 Å². The number of amides is 1. The van der Waals surface area contributed by atoms with E-state index in [1.54, 1.807) is 0 Å². The lowest BCUT2D eigenvalue weighted by Gasteiger charge is -2.20. The first-order valence-corrected chi connectivity index (χ1v) is 8.42. The fraction of sp³-hybridized carbons (Fsp3) is 0.917. The molecule has 0 aromatic heterocycles. The predicted octanol–water partition coefficient (Wildman–Crippen LogP) is 1.09. The normalized spacial score (nSPS) is 21.7. The molecule has 5 nitrogen and oxygen atoms in total. The first-order chi connectivity index (χ1) is 8.42. The van der Waals surface area contributed by atoms with Crippen molar-refractivity contribution in [2.45, 2.75) is 45.4 Å². The van der Waals surface area contributed by atoms with Crippen molar-refractivity contribution in [1.29, 1.82) is 0 Å². The van der Waals surface area contributed by atoms with Crippen LogP contribution in [-0.2, 0) is 14.8 Å². The molecule has 1 rings (SSSR count). The molecule has 2 N–H and O–H groups in total. The minimum Gasteiger partial charge on any atom is -0.343 e. The van der Waals surface area contributed by atoms with Crippen molar-refractivity contribution in [1.82, 2.24) is 4.90 Å². The third-order valence-corrected chi connectivity index (χ3v) is 4.45. The average molecular weight is 276 g/mol. The van der Waals surface area contributed by atoms with Gasteiger partial charge in [0.05, 0.1) is 5.75 Å². The van der Waals surface area contributed by atoms with Gasteiger partial charge in [-0.3, -0.25) is 4.79 Å². The molecule has 1 aliphatic heterocycles. The van der Waals surface area contributed by atoms with Crippen molar-refractivity contribution < 1.29 is 13.2 Å². The minimum atomic E-state index is -3.44. The Hall–Kier alpha value is -0.620. The van der Waals surface area contributed by atoms with Gasteiger partial charge in [0.2, 0.25) is 15.9 Å². The molecule has 106 valence electrons. The number of carbonyl (C=O) groups excluding carboxylic acids is 1. The Morgan fingerprint density at radius 3 is 2.67 bits per heavy atom. The van der Waals surface area contributed by atoms with Crippen LogP contribution in [0.15, 0.2) is 0 Å². The molecule has 1 heterocycles. The van der Waals surface area contributed by atoms with E-state index in [9.17, 15) is 13.2 Å². The predicted molar refractivity (Wildman–Crippen MR) is 71.4 cm³/mol. The summed E-state index contributed by atoms with van der Waals surface area (Å²) in [5.41, 5.74) is 0. The maximum atomic E-state index is 11.9. The van der Waals surface area contributed by atoms with Crippen molar-refractivity contribution >= 4 is 15.9 Å². The summed E-state index contributed by atoms with van der Waals surface area (Å²) in [6.45, 7) is 3.81. The van der Waals surface area contributed by atoms with Gasteiger partial charge in [0.15, 0.2) is 0 Å². The van der Waals surface area contributed by atoms with Crippen LogP contribution in [0.2, 0.25) is 0 Å². The lowest BCUT2D eigenvalue weighted by Crippen LogP contribution is -2.32. The summed E-state index contributed by atoms with van der Waals surface area (Å²) in [4.78, 5) is 13.8. The standard InChI is InChI=1S/C12H24N2O3S/c1-2-11-5-3-8-14(9-7-11)12(15)6-4-10-18(13,16)17/h11H,2-10H2,1H3,(H2,13,16,17). The van der Waals surface area contributed by atoms with Crippen molar-refractivity contribution in [3.63, 3.8) is 0 Å². The Labute approximate surface area is 110 Å². The topological polar surface area (TPSA) is 80.5 Å². The molecular formula is C12H24N2O3S. The lowest BCUT2D eigenvalue weighted by molar-refractivity contribution is -0.131. The number of hydrogen-bond acceptors (Lipinski definition) is 3. The molecule has 6 heteroatoms. The third kappa shape index (κ3) is 5.82. The molecule has 1 unspecified atom stereocenters. The van der Waals surface area contributed by atoms with Gasteiger partial charge in [0.1, 0.15) is 0 Å². The number of sulfonamides is 1. The van der Waals surface area contributed by atoms with E-state index >= 15 is 0 Å². The van der Waals surface area contributed by atoms with Crippen molar-refractivity contribution in [3.05, 3.63) is 0 Å². The Morgan fingerprint density at radius 1 is 1.33 bits per heavy atom. The van der Waals surface area contributed by atoms with Crippen LogP contribution in [0.3, 0.4) is 0 Å². The van der Waals surface area contributed by atoms with Crippen LogP contribution in [0, 0.1) is 5.92 Å². The second kappa shape index (κ2) is 7.09. The van der Waals surface area contributed by atoms with Gasteiger partial charge >= 0.3 is 0 Å². The van der Waals surface area contributed by atoms with Crippen molar-refractivity contribution in [3.8, 4) is 0 Å². The molecule has 1 saturated heterocycles. The molecule has 0 saturated carbocycles. The van der Waals surface area contributed by atoms with Crippen LogP contribution < -0.4 is 5.14 Å². The van der Waals surface area contributed by atoms with E-state index in [2.05, 4.69) is 6.92 Å². The summed E-state index contributed by atoms with van der Waals surface area (Å²) < 4.78 is 21.6. The Morgan fingerprint density at radius 2 is 2.06 bits per heavy atom.